The summed E-state index contributed by atoms with van der Waals surface area (Å²) in [6.45, 7) is 0.892. The van der Waals surface area contributed by atoms with Gasteiger partial charge in [-0.3, -0.25) is 0 Å². The molecule has 0 saturated heterocycles. The maximum atomic E-state index is 8.91. The van der Waals surface area contributed by atoms with E-state index in [0.717, 1.165) is 13.0 Å². The van der Waals surface area contributed by atoms with Crippen LogP contribution in [0.2, 0.25) is 0 Å². The first-order valence-corrected chi connectivity index (χ1v) is 5.70. The van der Waals surface area contributed by atoms with Gasteiger partial charge in [-0.05, 0) is 37.7 Å². The van der Waals surface area contributed by atoms with Crippen LogP contribution in [-0.2, 0) is 6.42 Å². The first-order chi connectivity index (χ1) is 9.24. The molecule has 0 radical (unpaired) electrons. The quantitative estimate of drug-likeness (QED) is 0.776. The van der Waals surface area contributed by atoms with Gasteiger partial charge in [0.15, 0.2) is 5.57 Å². The summed E-state index contributed by atoms with van der Waals surface area (Å²) in [7, 11) is 1.89. The highest BCUT2D eigenvalue weighted by Gasteiger charge is 2.05. The van der Waals surface area contributed by atoms with Crippen molar-refractivity contribution in [1.82, 2.24) is 5.32 Å². The average molecular weight is 251 g/mol. The van der Waals surface area contributed by atoms with Crippen LogP contribution in [0.1, 0.15) is 5.56 Å². The fraction of sp³-hybridized carbons (Fsp3) is 0.214. The van der Waals surface area contributed by atoms with Crippen LogP contribution >= 0.6 is 0 Å². The Bertz CT molecular complexity index is 562. The number of benzene rings is 1. The number of anilines is 1. The van der Waals surface area contributed by atoms with E-state index in [2.05, 4.69) is 10.6 Å². The molecule has 0 aliphatic rings. The van der Waals surface area contributed by atoms with Gasteiger partial charge in [0.1, 0.15) is 23.9 Å². The molecule has 0 spiro atoms. The maximum Gasteiger partial charge on any atom is 0.163 e. The van der Waals surface area contributed by atoms with Crippen LogP contribution in [0.4, 0.5) is 5.69 Å². The number of nitriles is 3. The van der Waals surface area contributed by atoms with Crippen LogP contribution in [0.3, 0.4) is 0 Å². The van der Waals surface area contributed by atoms with Crippen LogP contribution < -0.4 is 10.6 Å². The van der Waals surface area contributed by atoms with E-state index in [-0.39, 0.29) is 11.3 Å². The molecule has 0 amide bonds. The average Bonchev–Trinajstić information content (AvgIpc) is 2.46. The molecule has 94 valence electrons. The number of nitrogens with zero attached hydrogens (tertiary/aromatic N) is 3. The minimum Gasteiger partial charge on any atom is -0.345 e. The minimum absolute atomic E-state index is 0.0343. The van der Waals surface area contributed by atoms with E-state index in [1.807, 2.05) is 37.4 Å². The largest absolute Gasteiger partial charge is 0.345 e. The van der Waals surface area contributed by atoms with Crippen LogP contribution in [-0.4, -0.2) is 13.6 Å². The summed E-state index contributed by atoms with van der Waals surface area (Å²) in [6, 6.07) is 12.7. The number of hydrogen-bond donors (Lipinski definition) is 2. The van der Waals surface area contributed by atoms with Gasteiger partial charge in [-0.25, -0.2) is 0 Å². The predicted molar refractivity (Wildman–Crippen MR) is 71.6 cm³/mol. The Labute approximate surface area is 112 Å². The van der Waals surface area contributed by atoms with Crippen molar-refractivity contribution in [1.29, 1.82) is 15.8 Å². The second-order valence-electron chi connectivity index (χ2n) is 3.76. The van der Waals surface area contributed by atoms with Gasteiger partial charge in [0.2, 0.25) is 0 Å². The lowest BCUT2D eigenvalue weighted by molar-refractivity contribution is 0.792. The number of likely N-dealkylation sites (N-methyl/N-ethyl adjacent to an activating group) is 1. The molecule has 0 saturated carbocycles. The Hall–Kier alpha value is -2.81. The molecule has 0 heterocycles. The molecule has 1 rings (SSSR count). The number of allylic oxidation sites excluding steroid dienone is 2. The van der Waals surface area contributed by atoms with Crippen molar-refractivity contribution >= 4 is 5.69 Å². The maximum absolute atomic E-state index is 8.91. The van der Waals surface area contributed by atoms with E-state index in [4.69, 9.17) is 15.8 Å². The van der Waals surface area contributed by atoms with E-state index in [9.17, 15) is 0 Å². The molecule has 1 aromatic carbocycles. The molecule has 19 heavy (non-hydrogen) atoms. The van der Waals surface area contributed by atoms with Crippen LogP contribution in [0.5, 0.6) is 0 Å². The molecule has 0 aliphatic heterocycles. The minimum atomic E-state index is -0.221. The second kappa shape index (κ2) is 7.50. The van der Waals surface area contributed by atoms with Crippen LogP contribution in [0.25, 0.3) is 0 Å². The summed E-state index contributed by atoms with van der Waals surface area (Å²) in [5, 5.41) is 32.2. The Balaban J connectivity index is 2.84. The monoisotopic (exact) mass is 251 g/mol. The molecule has 0 unspecified atom stereocenters. The topological polar surface area (TPSA) is 95.4 Å². The zero-order chi connectivity index (χ0) is 14.1. The fourth-order valence-corrected chi connectivity index (χ4v) is 1.45. The van der Waals surface area contributed by atoms with Crippen molar-refractivity contribution in [3.63, 3.8) is 0 Å². The van der Waals surface area contributed by atoms with Gasteiger partial charge in [0.25, 0.3) is 0 Å². The molecule has 0 atom stereocenters. The second-order valence-corrected chi connectivity index (χ2v) is 3.76. The van der Waals surface area contributed by atoms with Gasteiger partial charge in [0.05, 0.1) is 0 Å². The Morgan fingerprint density at radius 2 is 1.68 bits per heavy atom. The lowest BCUT2D eigenvalue weighted by Crippen LogP contribution is -2.10. The van der Waals surface area contributed by atoms with Gasteiger partial charge >= 0.3 is 0 Å². The molecule has 0 aromatic heterocycles. The van der Waals surface area contributed by atoms with Crippen molar-refractivity contribution in [2.45, 2.75) is 6.42 Å². The van der Waals surface area contributed by atoms with E-state index in [1.165, 1.54) is 5.56 Å². The standard InChI is InChI=1S/C14H13N5/c1-18-7-6-11-2-4-13(5-3-11)19-14(10-17)12(8-15)9-16/h2-5,18-19H,6-7H2,1H3. The zero-order valence-corrected chi connectivity index (χ0v) is 10.6. The summed E-state index contributed by atoms with van der Waals surface area (Å²) < 4.78 is 0. The molecule has 0 fully saturated rings. The van der Waals surface area contributed by atoms with Crippen molar-refractivity contribution in [2.75, 3.05) is 18.9 Å². The highest BCUT2D eigenvalue weighted by molar-refractivity contribution is 5.58. The van der Waals surface area contributed by atoms with Gasteiger partial charge in [-0.1, -0.05) is 12.1 Å². The van der Waals surface area contributed by atoms with Gasteiger partial charge < -0.3 is 10.6 Å². The SMILES string of the molecule is CNCCc1ccc(NC(C#N)=C(C#N)C#N)cc1. The number of rotatable bonds is 5. The third-order valence-electron chi connectivity index (χ3n) is 2.47. The first kappa shape index (κ1) is 14.3. The highest BCUT2D eigenvalue weighted by atomic mass is 14.9. The molecule has 5 heteroatoms. The van der Waals surface area contributed by atoms with Crippen molar-refractivity contribution in [2.24, 2.45) is 0 Å². The number of hydrogen-bond acceptors (Lipinski definition) is 5. The lowest BCUT2D eigenvalue weighted by atomic mass is 10.1. The van der Waals surface area contributed by atoms with Crippen LogP contribution in [0.15, 0.2) is 35.5 Å². The highest BCUT2D eigenvalue weighted by Crippen LogP contribution is 2.13. The first-order valence-electron chi connectivity index (χ1n) is 5.70. The third kappa shape index (κ3) is 4.16. The van der Waals surface area contributed by atoms with Gasteiger partial charge in [0, 0.05) is 5.69 Å². The van der Waals surface area contributed by atoms with Crippen LogP contribution in [0, 0.1) is 34.0 Å². The summed E-state index contributed by atoms with van der Waals surface area (Å²) in [4.78, 5) is 0. The molecule has 2 N–H and O–H groups in total. The van der Waals surface area contributed by atoms with Gasteiger partial charge in [-0.2, -0.15) is 15.8 Å². The Kier molecular flexibility index (Phi) is 5.63. The molecule has 0 bridgehead atoms. The summed E-state index contributed by atoms with van der Waals surface area (Å²) >= 11 is 0. The summed E-state index contributed by atoms with van der Waals surface area (Å²) in [5.41, 5.74) is 1.59. The number of nitrogens with one attached hydrogen (secondary N) is 2. The van der Waals surface area contributed by atoms with E-state index in [1.54, 1.807) is 12.1 Å². The van der Waals surface area contributed by atoms with E-state index in [0.29, 0.717) is 5.69 Å². The fourth-order valence-electron chi connectivity index (χ4n) is 1.45. The molecular weight excluding hydrogens is 238 g/mol. The van der Waals surface area contributed by atoms with E-state index < -0.39 is 0 Å². The summed E-state index contributed by atoms with van der Waals surface area (Å²) in [5.74, 6) is 0. The molecular formula is C14H13N5. The Morgan fingerprint density at radius 3 is 2.16 bits per heavy atom. The lowest BCUT2D eigenvalue weighted by Gasteiger charge is -2.06. The van der Waals surface area contributed by atoms with Crippen molar-refractivity contribution < 1.29 is 0 Å². The summed E-state index contributed by atoms with van der Waals surface area (Å²) in [6.07, 6.45) is 0.916. The molecule has 1 aromatic rings. The van der Waals surface area contributed by atoms with Crippen molar-refractivity contribution in [3.05, 3.63) is 41.1 Å². The normalized spacial score (nSPS) is 8.74. The third-order valence-corrected chi connectivity index (χ3v) is 2.47. The smallest absolute Gasteiger partial charge is 0.163 e. The zero-order valence-electron chi connectivity index (χ0n) is 10.6. The van der Waals surface area contributed by atoms with E-state index >= 15 is 0 Å². The molecule has 0 aliphatic carbocycles. The molecule has 5 nitrogen and oxygen atoms in total. The predicted octanol–water partition coefficient (Wildman–Crippen LogP) is 1.69. The Morgan fingerprint density at radius 1 is 1.05 bits per heavy atom. The van der Waals surface area contributed by atoms with Crippen molar-refractivity contribution in [3.8, 4) is 18.2 Å². The van der Waals surface area contributed by atoms with Gasteiger partial charge in [-0.15, -0.1) is 0 Å².